The van der Waals surface area contributed by atoms with Crippen LogP contribution >= 0.6 is 0 Å². The zero-order valence-electron chi connectivity index (χ0n) is 11.5. The lowest BCUT2D eigenvalue weighted by Gasteiger charge is -2.17. The first-order valence-electron chi connectivity index (χ1n) is 6.60. The van der Waals surface area contributed by atoms with Crippen LogP contribution in [0.1, 0.15) is 25.3 Å². The van der Waals surface area contributed by atoms with Crippen LogP contribution in [0.5, 0.6) is 0 Å². The van der Waals surface area contributed by atoms with Crippen molar-refractivity contribution in [2.75, 3.05) is 13.6 Å². The number of fused-ring (bicyclic) bond motifs is 1. The smallest absolute Gasteiger partial charge is 0.408 e. The lowest BCUT2D eigenvalue weighted by molar-refractivity contribution is 0.315. The van der Waals surface area contributed by atoms with Crippen molar-refractivity contribution in [2.24, 2.45) is 5.73 Å². The standard InChI is InChI=1S/C14H21N3O2/c1-10(15)4-3-7-17(2)9-11-5-6-13-12(8-11)16-14(18)19-13/h5-6,8,10H,3-4,7,9,15H2,1-2H3,(H,16,18). The lowest BCUT2D eigenvalue weighted by Crippen LogP contribution is -2.22. The van der Waals surface area contributed by atoms with E-state index < -0.39 is 5.76 Å². The van der Waals surface area contributed by atoms with Crippen LogP contribution in [0.4, 0.5) is 0 Å². The summed E-state index contributed by atoms with van der Waals surface area (Å²) in [5.74, 6) is -0.405. The Morgan fingerprint density at radius 1 is 1.47 bits per heavy atom. The molecule has 5 nitrogen and oxygen atoms in total. The molecule has 2 rings (SSSR count). The number of nitrogens with two attached hydrogens (primary N) is 1. The third-order valence-corrected chi connectivity index (χ3v) is 3.14. The average Bonchev–Trinajstić information content (AvgIpc) is 2.67. The van der Waals surface area contributed by atoms with Crippen molar-refractivity contribution in [1.82, 2.24) is 9.88 Å². The molecule has 0 fully saturated rings. The Kier molecular flexibility index (Phi) is 4.39. The molecule has 0 aliphatic heterocycles. The van der Waals surface area contributed by atoms with Gasteiger partial charge in [0.2, 0.25) is 0 Å². The highest BCUT2D eigenvalue weighted by molar-refractivity contribution is 5.72. The Morgan fingerprint density at radius 3 is 3.00 bits per heavy atom. The number of oxazole rings is 1. The van der Waals surface area contributed by atoms with Gasteiger partial charge in [-0.1, -0.05) is 6.07 Å². The maximum absolute atomic E-state index is 11.1. The molecular weight excluding hydrogens is 242 g/mol. The summed E-state index contributed by atoms with van der Waals surface area (Å²) >= 11 is 0. The molecule has 0 radical (unpaired) electrons. The molecule has 1 aromatic heterocycles. The number of hydrogen-bond acceptors (Lipinski definition) is 4. The van der Waals surface area contributed by atoms with Gasteiger partial charge in [0, 0.05) is 12.6 Å². The molecule has 0 spiro atoms. The van der Waals surface area contributed by atoms with Gasteiger partial charge in [0.05, 0.1) is 5.52 Å². The van der Waals surface area contributed by atoms with E-state index in [2.05, 4.69) is 16.9 Å². The van der Waals surface area contributed by atoms with Crippen LogP contribution in [0.15, 0.2) is 27.4 Å². The summed E-state index contributed by atoms with van der Waals surface area (Å²) in [4.78, 5) is 16.0. The monoisotopic (exact) mass is 263 g/mol. The number of aromatic amines is 1. The Labute approximate surface area is 112 Å². The molecule has 2 aromatic rings. The Morgan fingerprint density at radius 2 is 2.26 bits per heavy atom. The molecule has 0 saturated heterocycles. The zero-order valence-corrected chi connectivity index (χ0v) is 11.5. The fourth-order valence-electron chi connectivity index (χ4n) is 2.17. The van der Waals surface area contributed by atoms with Gasteiger partial charge in [0.25, 0.3) is 0 Å². The average molecular weight is 263 g/mol. The third-order valence-electron chi connectivity index (χ3n) is 3.14. The normalized spacial score (nSPS) is 13.3. The molecule has 0 aliphatic carbocycles. The summed E-state index contributed by atoms with van der Waals surface area (Å²) in [6, 6.07) is 6.04. The summed E-state index contributed by atoms with van der Waals surface area (Å²) in [5, 5.41) is 0. The molecule has 104 valence electrons. The van der Waals surface area contributed by atoms with Gasteiger partial charge >= 0.3 is 5.76 Å². The van der Waals surface area contributed by atoms with Crippen LogP contribution in [0, 0.1) is 0 Å². The first-order chi connectivity index (χ1) is 9.04. The highest BCUT2D eigenvalue weighted by Gasteiger charge is 2.05. The van der Waals surface area contributed by atoms with E-state index in [4.69, 9.17) is 10.2 Å². The van der Waals surface area contributed by atoms with E-state index in [0.29, 0.717) is 5.58 Å². The van der Waals surface area contributed by atoms with Crippen molar-refractivity contribution >= 4 is 11.1 Å². The van der Waals surface area contributed by atoms with Gasteiger partial charge in [-0.15, -0.1) is 0 Å². The molecule has 1 atom stereocenters. The van der Waals surface area contributed by atoms with Crippen molar-refractivity contribution < 1.29 is 4.42 Å². The van der Waals surface area contributed by atoms with E-state index in [1.807, 2.05) is 25.1 Å². The molecule has 5 heteroatoms. The van der Waals surface area contributed by atoms with Crippen LogP contribution in [0.2, 0.25) is 0 Å². The number of aromatic nitrogens is 1. The van der Waals surface area contributed by atoms with E-state index in [9.17, 15) is 4.79 Å². The number of rotatable bonds is 6. The van der Waals surface area contributed by atoms with E-state index in [1.54, 1.807) is 0 Å². The van der Waals surface area contributed by atoms with Crippen LogP contribution in [0.25, 0.3) is 11.1 Å². The summed E-state index contributed by atoms with van der Waals surface area (Å²) in [5.41, 5.74) is 8.25. The first-order valence-corrected chi connectivity index (χ1v) is 6.60. The highest BCUT2D eigenvalue weighted by atomic mass is 16.4. The molecule has 0 bridgehead atoms. The number of H-pyrrole nitrogens is 1. The SMILES string of the molecule is CC(N)CCCN(C)Cc1ccc2oc(=O)[nH]c2c1. The van der Waals surface area contributed by atoms with Crippen LogP contribution in [-0.4, -0.2) is 29.5 Å². The van der Waals surface area contributed by atoms with Gasteiger partial charge in [-0.25, -0.2) is 4.79 Å². The van der Waals surface area contributed by atoms with Gasteiger partial charge in [0.15, 0.2) is 5.58 Å². The van der Waals surface area contributed by atoms with Crippen molar-refractivity contribution in [3.05, 3.63) is 34.3 Å². The third kappa shape index (κ3) is 3.94. The number of nitrogens with one attached hydrogen (secondary N) is 1. The molecule has 1 heterocycles. The van der Waals surface area contributed by atoms with Gasteiger partial charge < -0.3 is 15.1 Å². The van der Waals surface area contributed by atoms with Crippen LogP contribution in [0.3, 0.4) is 0 Å². The van der Waals surface area contributed by atoms with Crippen molar-refractivity contribution in [2.45, 2.75) is 32.4 Å². The van der Waals surface area contributed by atoms with Gasteiger partial charge in [-0.2, -0.15) is 0 Å². The topological polar surface area (TPSA) is 75.3 Å². The number of hydrogen-bond donors (Lipinski definition) is 2. The largest absolute Gasteiger partial charge is 0.417 e. The highest BCUT2D eigenvalue weighted by Crippen LogP contribution is 2.13. The second-order valence-corrected chi connectivity index (χ2v) is 5.20. The minimum Gasteiger partial charge on any atom is -0.408 e. The number of nitrogens with zero attached hydrogens (tertiary/aromatic N) is 1. The Balaban J connectivity index is 1.94. The summed E-state index contributed by atoms with van der Waals surface area (Å²) in [6.45, 7) is 3.90. The fourth-order valence-corrected chi connectivity index (χ4v) is 2.17. The zero-order chi connectivity index (χ0) is 13.8. The van der Waals surface area contributed by atoms with Crippen molar-refractivity contribution in [3.63, 3.8) is 0 Å². The maximum atomic E-state index is 11.1. The van der Waals surface area contributed by atoms with Crippen molar-refractivity contribution in [1.29, 1.82) is 0 Å². The quantitative estimate of drug-likeness (QED) is 0.831. The minimum atomic E-state index is -0.405. The van der Waals surface area contributed by atoms with Crippen LogP contribution < -0.4 is 11.5 Å². The second kappa shape index (κ2) is 6.04. The lowest BCUT2D eigenvalue weighted by atomic mass is 10.1. The molecule has 0 saturated carbocycles. The molecule has 19 heavy (non-hydrogen) atoms. The van der Waals surface area contributed by atoms with E-state index in [1.165, 1.54) is 0 Å². The summed E-state index contributed by atoms with van der Waals surface area (Å²) in [7, 11) is 2.09. The molecule has 1 aromatic carbocycles. The molecule has 3 N–H and O–H groups in total. The molecular formula is C14H21N3O2. The predicted molar refractivity (Wildman–Crippen MR) is 76.1 cm³/mol. The maximum Gasteiger partial charge on any atom is 0.417 e. The predicted octanol–water partition coefficient (Wildman–Crippen LogP) is 1.68. The summed E-state index contributed by atoms with van der Waals surface area (Å²) in [6.07, 6.45) is 2.14. The van der Waals surface area contributed by atoms with Crippen LogP contribution in [-0.2, 0) is 6.54 Å². The fraction of sp³-hybridized carbons (Fsp3) is 0.500. The van der Waals surface area contributed by atoms with Crippen molar-refractivity contribution in [3.8, 4) is 0 Å². The molecule has 0 amide bonds. The van der Waals surface area contributed by atoms with E-state index in [-0.39, 0.29) is 6.04 Å². The molecule has 0 aliphatic rings. The van der Waals surface area contributed by atoms with Gasteiger partial charge in [-0.05, 0) is 51.1 Å². The van der Waals surface area contributed by atoms with Gasteiger partial charge in [0.1, 0.15) is 0 Å². The van der Waals surface area contributed by atoms with E-state index in [0.717, 1.165) is 37.0 Å². The Hall–Kier alpha value is -1.59. The molecule has 1 unspecified atom stereocenters. The number of benzene rings is 1. The summed E-state index contributed by atoms with van der Waals surface area (Å²) < 4.78 is 4.98. The second-order valence-electron chi connectivity index (χ2n) is 5.20. The van der Waals surface area contributed by atoms with Gasteiger partial charge in [-0.3, -0.25) is 4.98 Å². The van der Waals surface area contributed by atoms with E-state index >= 15 is 0 Å². The first kappa shape index (κ1) is 13.8. The minimum absolute atomic E-state index is 0.265. The Bertz CT molecular complexity index is 586.